The van der Waals surface area contributed by atoms with Gasteiger partial charge in [-0.3, -0.25) is 19.2 Å². The first-order chi connectivity index (χ1) is 21.8. The molecule has 2 aromatic carbocycles. The van der Waals surface area contributed by atoms with Crippen LogP contribution in [0.5, 0.6) is 23.0 Å². The SMILES string of the molecule is COc1cc2c(cc1OCCCOc1c(C)c3c(c(F)c1OC)CN(C(=O)CC(C)C(=O)O)C3C)CN(C(=O)CC(C)C(=O)O)C2. The molecule has 2 amide bonds. The van der Waals surface area contributed by atoms with Gasteiger partial charge >= 0.3 is 11.9 Å². The number of benzene rings is 2. The van der Waals surface area contributed by atoms with Crippen LogP contribution in [0.1, 0.15) is 73.9 Å². The van der Waals surface area contributed by atoms with Gasteiger partial charge in [-0.2, -0.15) is 0 Å². The Morgan fingerprint density at radius 1 is 0.870 bits per heavy atom. The van der Waals surface area contributed by atoms with Crippen LogP contribution in [-0.2, 0) is 38.8 Å². The molecule has 13 heteroatoms. The minimum Gasteiger partial charge on any atom is -0.493 e. The zero-order valence-electron chi connectivity index (χ0n) is 27.0. The molecule has 3 atom stereocenters. The number of carboxylic acids is 2. The number of ether oxygens (including phenoxy) is 4. The summed E-state index contributed by atoms with van der Waals surface area (Å²) in [5.74, 6) is -3.78. The first-order valence-electron chi connectivity index (χ1n) is 15.2. The molecule has 0 saturated heterocycles. The van der Waals surface area contributed by atoms with Gasteiger partial charge in [0.05, 0.1) is 45.3 Å². The molecular formula is C33H41FN2O10. The second-order valence-corrected chi connectivity index (χ2v) is 11.9. The Balaban J connectivity index is 1.39. The lowest BCUT2D eigenvalue weighted by Gasteiger charge is -2.24. The maximum Gasteiger partial charge on any atom is 0.306 e. The molecule has 0 saturated carbocycles. The largest absolute Gasteiger partial charge is 0.493 e. The Labute approximate surface area is 267 Å². The van der Waals surface area contributed by atoms with E-state index in [0.717, 1.165) is 11.1 Å². The van der Waals surface area contributed by atoms with Crippen LogP contribution in [0.25, 0.3) is 0 Å². The van der Waals surface area contributed by atoms with Crippen molar-refractivity contribution in [3.05, 3.63) is 45.8 Å². The summed E-state index contributed by atoms with van der Waals surface area (Å²) >= 11 is 0. The Bertz CT molecular complexity index is 1530. The van der Waals surface area contributed by atoms with Gasteiger partial charge in [0.25, 0.3) is 0 Å². The van der Waals surface area contributed by atoms with Crippen molar-refractivity contribution >= 4 is 23.8 Å². The van der Waals surface area contributed by atoms with Crippen LogP contribution in [-0.4, -0.2) is 71.2 Å². The first-order valence-corrected chi connectivity index (χ1v) is 15.2. The molecule has 0 radical (unpaired) electrons. The zero-order chi connectivity index (χ0) is 33.9. The van der Waals surface area contributed by atoms with Gasteiger partial charge in [-0.25, -0.2) is 4.39 Å². The average Bonchev–Trinajstić information content (AvgIpc) is 3.59. The molecule has 2 aliphatic rings. The maximum absolute atomic E-state index is 15.7. The average molecular weight is 645 g/mol. The third kappa shape index (κ3) is 6.97. The third-order valence-electron chi connectivity index (χ3n) is 8.64. The quantitative estimate of drug-likeness (QED) is 0.282. The number of nitrogens with zero attached hydrogens (tertiary/aromatic N) is 2. The normalized spacial score (nSPS) is 16.4. The number of fused-ring (bicyclic) bond motifs is 2. The van der Waals surface area contributed by atoms with Crippen LogP contribution in [0.4, 0.5) is 4.39 Å². The summed E-state index contributed by atoms with van der Waals surface area (Å²) in [5, 5.41) is 18.4. The maximum atomic E-state index is 15.7. The van der Waals surface area contributed by atoms with Crippen molar-refractivity contribution in [3.8, 4) is 23.0 Å². The van der Waals surface area contributed by atoms with Crippen LogP contribution in [0, 0.1) is 24.6 Å². The predicted molar refractivity (Wildman–Crippen MR) is 162 cm³/mol. The molecule has 0 spiro atoms. The molecule has 0 bridgehead atoms. The molecule has 0 fully saturated rings. The highest BCUT2D eigenvalue weighted by Gasteiger charge is 2.38. The number of amides is 2. The van der Waals surface area contributed by atoms with Crippen molar-refractivity contribution in [2.24, 2.45) is 11.8 Å². The smallest absolute Gasteiger partial charge is 0.306 e. The fourth-order valence-electron chi connectivity index (χ4n) is 5.93. The fraction of sp³-hybridized carbons (Fsp3) is 0.515. The molecule has 2 aromatic rings. The van der Waals surface area contributed by atoms with E-state index in [9.17, 15) is 24.3 Å². The summed E-state index contributed by atoms with van der Waals surface area (Å²) in [6.07, 6.45) is 0.155. The van der Waals surface area contributed by atoms with E-state index in [1.807, 2.05) is 12.1 Å². The molecule has 0 aromatic heterocycles. The Kier molecular flexibility index (Phi) is 10.6. The molecule has 46 heavy (non-hydrogen) atoms. The molecule has 12 nitrogen and oxygen atoms in total. The third-order valence-corrected chi connectivity index (χ3v) is 8.64. The Morgan fingerprint density at radius 3 is 2.00 bits per heavy atom. The molecule has 0 aliphatic carbocycles. The van der Waals surface area contributed by atoms with Gasteiger partial charge in [-0.1, -0.05) is 13.8 Å². The summed E-state index contributed by atoms with van der Waals surface area (Å²) in [7, 11) is 2.86. The number of carbonyl (C=O) groups excluding carboxylic acids is 2. The number of carbonyl (C=O) groups is 4. The lowest BCUT2D eigenvalue weighted by molar-refractivity contribution is -0.146. The number of hydrogen-bond acceptors (Lipinski definition) is 8. The second kappa shape index (κ2) is 14.3. The lowest BCUT2D eigenvalue weighted by atomic mass is 9.97. The van der Waals surface area contributed by atoms with Gasteiger partial charge in [0, 0.05) is 50.0 Å². The van der Waals surface area contributed by atoms with E-state index in [1.165, 1.54) is 33.0 Å². The molecule has 3 unspecified atom stereocenters. The summed E-state index contributed by atoms with van der Waals surface area (Å²) in [6, 6.07) is 3.15. The summed E-state index contributed by atoms with van der Waals surface area (Å²) in [4.78, 5) is 51.0. The number of rotatable bonds is 14. The number of carboxylic acid groups (broad SMARTS) is 2. The van der Waals surface area contributed by atoms with Crippen molar-refractivity contribution in [2.75, 3.05) is 27.4 Å². The number of aliphatic carboxylic acids is 2. The van der Waals surface area contributed by atoms with Crippen LogP contribution in [0.3, 0.4) is 0 Å². The Hall–Kier alpha value is -4.55. The van der Waals surface area contributed by atoms with Crippen molar-refractivity contribution in [2.45, 2.75) is 72.6 Å². The zero-order valence-corrected chi connectivity index (χ0v) is 27.0. The molecule has 2 aliphatic heterocycles. The fourth-order valence-corrected chi connectivity index (χ4v) is 5.93. The van der Waals surface area contributed by atoms with Crippen molar-refractivity contribution in [1.82, 2.24) is 9.80 Å². The van der Waals surface area contributed by atoms with E-state index in [1.54, 1.807) is 18.7 Å². The predicted octanol–water partition coefficient (Wildman–Crippen LogP) is 4.47. The standard InChI is InChI=1S/C33H41FN2O10/c1-17(32(39)40)10-26(37)35-14-21-12-24(43-5)25(13-22(21)15-35)45-8-7-9-46-30-19(3)28-20(4)36(27(38)11-18(2)33(41)42)16-23(28)29(34)31(30)44-6/h12-13,17-18,20H,7-11,14-16H2,1-6H3,(H,39,40)(H,41,42). The van der Waals surface area contributed by atoms with E-state index in [-0.39, 0.29) is 55.9 Å². The molecule has 250 valence electrons. The van der Waals surface area contributed by atoms with E-state index >= 15 is 4.39 Å². The van der Waals surface area contributed by atoms with Gasteiger partial charge < -0.3 is 39.0 Å². The van der Waals surface area contributed by atoms with E-state index in [2.05, 4.69) is 0 Å². The summed E-state index contributed by atoms with van der Waals surface area (Å²) < 4.78 is 38.6. The van der Waals surface area contributed by atoms with Crippen LogP contribution in [0.2, 0.25) is 0 Å². The summed E-state index contributed by atoms with van der Waals surface area (Å²) in [5.41, 5.74) is 3.37. The van der Waals surface area contributed by atoms with E-state index in [4.69, 9.17) is 24.1 Å². The number of methoxy groups -OCH3 is 2. The number of halogens is 1. The van der Waals surface area contributed by atoms with Gasteiger partial charge in [-0.15, -0.1) is 0 Å². The van der Waals surface area contributed by atoms with Gasteiger partial charge in [-0.05, 0) is 42.7 Å². The highest BCUT2D eigenvalue weighted by Crippen LogP contribution is 2.47. The number of hydrogen-bond donors (Lipinski definition) is 2. The molecule has 2 N–H and O–H groups in total. The van der Waals surface area contributed by atoms with Crippen molar-refractivity contribution in [1.29, 1.82) is 0 Å². The molecule has 2 heterocycles. The molecular weight excluding hydrogens is 603 g/mol. The van der Waals surface area contributed by atoms with Crippen LogP contribution in [0.15, 0.2) is 12.1 Å². The Morgan fingerprint density at radius 2 is 1.43 bits per heavy atom. The van der Waals surface area contributed by atoms with Gasteiger partial charge in [0.1, 0.15) is 0 Å². The topological polar surface area (TPSA) is 152 Å². The molecule has 4 rings (SSSR count). The summed E-state index contributed by atoms with van der Waals surface area (Å²) in [6.45, 7) is 7.64. The van der Waals surface area contributed by atoms with E-state index < -0.39 is 35.6 Å². The second-order valence-electron chi connectivity index (χ2n) is 11.9. The van der Waals surface area contributed by atoms with Crippen LogP contribution < -0.4 is 18.9 Å². The van der Waals surface area contributed by atoms with Gasteiger partial charge in [0.2, 0.25) is 11.8 Å². The van der Waals surface area contributed by atoms with Crippen LogP contribution >= 0.6 is 0 Å². The monoisotopic (exact) mass is 644 g/mol. The van der Waals surface area contributed by atoms with Crippen molar-refractivity contribution in [3.63, 3.8) is 0 Å². The first kappa shape index (κ1) is 34.3. The lowest BCUT2D eigenvalue weighted by Crippen LogP contribution is -2.31. The minimum absolute atomic E-state index is 0.00874. The van der Waals surface area contributed by atoms with E-state index in [0.29, 0.717) is 47.7 Å². The van der Waals surface area contributed by atoms with Gasteiger partial charge in [0.15, 0.2) is 28.8 Å². The highest BCUT2D eigenvalue weighted by atomic mass is 19.1. The highest BCUT2D eigenvalue weighted by molar-refractivity contribution is 5.84. The van der Waals surface area contributed by atoms with Crippen molar-refractivity contribution < 1.29 is 52.7 Å². The minimum atomic E-state index is -1.07.